The highest BCUT2D eigenvalue weighted by molar-refractivity contribution is 7.80. The van der Waals surface area contributed by atoms with E-state index in [4.69, 9.17) is 0 Å². The predicted molar refractivity (Wildman–Crippen MR) is 48.2 cm³/mol. The summed E-state index contributed by atoms with van der Waals surface area (Å²) in [5.74, 6) is -0.0521. The van der Waals surface area contributed by atoms with Crippen molar-refractivity contribution < 1.29 is 4.79 Å². The van der Waals surface area contributed by atoms with Gasteiger partial charge in [-0.15, -0.1) is 12.6 Å². The zero-order valence-corrected chi connectivity index (χ0v) is 7.21. The van der Waals surface area contributed by atoms with Gasteiger partial charge in [-0.05, 0) is 11.6 Å². The van der Waals surface area contributed by atoms with Crippen LogP contribution in [-0.2, 0) is 4.79 Å². The van der Waals surface area contributed by atoms with Gasteiger partial charge in [-0.1, -0.05) is 25.1 Å². The molecule has 0 radical (unpaired) electrons. The lowest BCUT2D eigenvalue weighted by atomic mass is 10.0. The summed E-state index contributed by atoms with van der Waals surface area (Å²) in [6.45, 7) is 1.86. The van der Waals surface area contributed by atoms with E-state index in [-0.39, 0.29) is 5.92 Å². The minimum Gasteiger partial charge on any atom is -0.303 e. The van der Waals surface area contributed by atoms with Crippen molar-refractivity contribution in [3.63, 3.8) is 0 Å². The molecule has 0 saturated carbocycles. The summed E-state index contributed by atoms with van der Waals surface area (Å²) in [5, 5.41) is 0. The Hall–Kier alpha value is -0.760. The number of rotatable bonds is 2. The van der Waals surface area contributed by atoms with E-state index < -0.39 is 0 Å². The molecular weight excluding hydrogens is 156 g/mol. The molecule has 1 atom stereocenters. The fourth-order valence-corrected chi connectivity index (χ4v) is 1.31. The van der Waals surface area contributed by atoms with Crippen molar-refractivity contribution in [2.75, 3.05) is 0 Å². The fraction of sp³-hybridized carbons (Fsp3) is 0.222. The van der Waals surface area contributed by atoms with Crippen LogP contribution < -0.4 is 0 Å². The molecule has 0 spiro atoms. The fourth-order valence-electron chi connectivity index (χ4n) is 0.946. The first-order valence-corrected chi connectivity index (χ1v) is 3.93. The van der Waals surface area contributed by atoms with Gasteiger partial charge in [-0.3, -0.25) is 0 Å². The van der Waals surface area contributed by atoms with Crippen molar-refractivity contribution in [1.29, 1.82) is 0 Å². The van der Waals surface area contributed by atoms with Gasteiger partial charge < -0.3 is 4.79 Å². The predicted octanol–water partition coefficient (Wildman–Crippen LogP) is 2.28. The first-order chi connectivity index (χ1) is 5.25. The summed E-state index contributed by atoms with van der Waals surface area (Å²) in [6.07, 6.45) is 0.926. The van der Waals surface area contributed by atoms with Crippen LogP contribution in [0.25, 0.3) is 0 Å². The largest absolute Gasteiger partial charge is 0.303 e. The van der Waals surface area contributed by atoms with E-state index in [1.165, 1.54) is 0 Å². The minimum atomic E-state index is -0.0521. The zero-order valence-electron chi connectivity index (χ0n) is 6.32. The summed E-state index contributed by atoms with van der Waals surface area (Å²) in [6, 6.07) is 7.62. The molecule has 1 aromatic carbocycles. The number of aldehydes is 1. The SMILES string of the molecule is CC(C=O)c1ccccc1S. The van der Waals surface area contributed by atoms with Gasteiger partial charge in [-0.2, -0.15) is 0 Å². The third kappa shape index (κ3) is 1.84. The molecule has 58 valence electrons. The van der Waals surface area contributed by atoms with Crippen LogP contribution in [0.3, 0.4) is 0 Å². The van der Waals surface area contributed by atoms with Crippen LogP contribution in [-0.4, -0.2) is 6.29 Å². The van der Waals surface area contributed by atoms with E-state index in [1.807, 2.05) is 31.2 Å². The highest BCUT2D eigenvalue weighted by Crippen LogP contribution is 2.20. The molecule has 0 aliphatic rings. The molecule has 0 heterocycles. The number of benzene rings is 1. The van der Waals surface area contributed by atoms with Gasteiger partial charge in [0.2, 0.25) is 0 Å². The first-order valence-electron chi connectivity index (χ1n) is 3.49. The van der Waals surface area contributed by atoms with E-state index in [9.17, 15) is 4.79 Å². The maximum Gasteiger partial charge on any atom is 0.127 e. The van der Waals surface area contributed by atoms with Crippen molar-refractivity contribution >= 4 is 18.9 Å². The molecule has 0 bridgehead atoms. The Morgan fingerprint density at radius 1 is 1.45 bits per heavy atom. The maximum absolute atomic E-state index is 10.4. The van der Waals surface area contributed by atoms with Crippen LogP contribution in [0.4, 0.5) is 0 Å². The molecule has 11 heavy (non-hydrogen) atoms. The van der Waals surface area contributed by atoms with Crippen LogP contribution in [0.1, 0.15) is 18.4 Å². The second kappa shape index (κ2) is 3.58. The van der Waals surface area contributed by atoms with Gasteiger partial charge in [0, 0.05) is 10.8 Å². The smallest absolute Gasteiger partial charge is 0.127 e. The van der Waals surface area contributed by atoms with Crippen LogP contribution in [0.5, 0.6) is 0 Å². The Balaban J connectivity index is 3.02. The Bertz CT molecular complexity index is 257. The van der Waals surface area contributed by atoms with E-state index in [2.05, 4.69) is 12.6 Å². The van der Waals surface area contributed by atoms with Gasteiger partial charge in [-0.25, -0.2) is 0 Å². The monoisotopic (exact) mass is 166 g/mol. The van der Waals surface area contributed by atoms with E-state index in [0.717, 1.165) is 16.7 Å². The van der Waals surface area contributed by atoms with Crippen molar-refractivity contribution in [2.45, 2.75) is 17.7 Å². The van der Waals surface area contributed by atoms with Crippen molar-refractivity contribution in [3.05, 3.63) is 29.8 Å². The standard InChI is InChI=1S/C9H10OS/c1-7(6-10)8-4-2-3-5-9(8)11/h2-7,11H,1H3. The number of carbonyl (C=O) groups is 1. The van der Waals surface area contributed by atoms with Gasteiger partial charge in [0.05, 0.1) is 0 Å². The average Bonchev–Trinajstić information content (AvgIpc) is 2.04. The highest BCUT2D eigenvalue weighted by atomic mass is 32.1. The number of hydrogen-bond acceptors (Lipinski definition) is 2. The lowest BCUT2D eigenvalue weighted by molar-refractivity contribution is -0.108. The number of hydrogen-bond donors (Lipinski definition) is 1. The van der Waals surface area contributed by atoms with Crippen LogP contribution >= 0.6 is 12.6 Å². The third-order valence-electron chi connectivity index (χ3n) is 1.63. The zero-order chi connectivity index (χ0) is 8.27. The number of carbonyl (C=O) groups excluding carboxylic acids is 1. The lowest BCUT2D eigenvalue weighted by Gasteiger charge is -2.05. The molecule has 0 amide bonds. The summed E-state index contributed by atoms with van der Waals surface area (Å²) in [5.41, 5.74) is 0.992. The van der Waals surface area contributed by atoms with Crippen molar-refractivity contribution in [3.8, 4) is 0 Å². The molecule has 1 unspecified atom stereocenters. The van der Waals surface area contributed by atoms with Crippen LogP contribution in [0.15, 0.2) is 29.2 Å². The maximum atomic E-state index is 10.4. The molecule has 0 N–H and O–H groups in total. The molecule has 0 aliphatic carbocycles. The van der Waals surface area contributed by atoms with Gasteiger partial charge in [0.25, 0.3) is 0 Å². The molecule has 2 heteroatoms. The molecule has 0 aliphatic heterocycles. The van der Waals surface area contributed by atoms with Gasteiger partial charge in [0.1, 0.15) is 6.29 Å². The van der Waals surface area contributed by atoms with Gasteiger partial charge >= 0.3 is 0 Å². The molecule has 0 saturated heterocycles. The summed E-state index contributed by atoms with van der Waals surface area (Å²) >= 11 is 4.23. The van der Waals surface area contributed by atoms with Crippen molar-refractivity contribution in [1.82, 2.24) is 0 Å². The number of thiol groups is 1. The quantitative estimate of drug-likeness (QED) is 0.527. The second-order valence-corrected chi connectivity index (χ2v) is 2.97. The second-order valence-electron chi connectivity index (χ2n) is 2.48. The molecule has 0 aromatic heterocycles. The molecule has 1 rings (SSSR count). The third-order valence-corrected chi connectivity index (χ3v) is 2.04. The summed E-state index contributed by atoms with van der Waals surface area (Å²) in [4.78, 5) is 11.3. The van der Waals surface area contributed by atoms with Crippen LogP contribution in [0.2, 0.25) is 0 Å². The van der Waals surface area contributed by atoms with E-state index in [1.54, 1.807) is 0 Å². The Morgan fingerprint density at radius 2 is 2.09 bits per heavy atom. The average molecular weight is 166 g/mol. The molecule has 0 fully saturated rings. The Labute approximate surface area is 71.8 Å². The first kappa shape index (κ1) is 8.34. The van der Waals surface area contributed by atoms with E-state index >= 15 is 0 Å². The van der Waals surface area contributed by atoms with Gasteiger partial charge in [0.15, 0.2) is 0 Å². The normalized spacial score (nSPS) is 12.5. The van der Waals surface area contributed by atoms with E-state index in [0.29, 0.717) is 0 Å². The van der Waals surface area contributed by atoms with Crippen LogP contribution in [0, 0.1) is 0 Å². The summed E-state index contributed by atoms with van der Waals surface area (Å²) < 4.78 is 0. The molecular formula is C9H10OS. The van der Waals surface area contributed by atoms with Crippen molar-refractivity contribution in [2.24, 2.45) is 0 Å². The summed E-state index contributed by atoms with van der Waals surface area (Å²) in [7, 11) is 0. The lowest BCUT2D eigenvalue weighted by Crippen LogP contribution is -1.94. The Morgan fingerprint density at radius 3 is 2.64 bits per heavy atom. The topological polar surface area (TPSA) is 17.1 Å². The highest BCUT2D eigenvalue weighted by Gasteiger charge is 2.05. The Kier molecular flexibility index (Phi) is 2.71. The minimum absolute atomic E-state index is 0.0521. The molecule has 1 nitrogen and oxygen atoms in total. The molecule has 1 aromatic rings.